The van der Waals surface area contributed by atoms with E-state index < -0.39 is 0 Å². The first-order valence-electron chi connectivity index (χ1n) is 10.1. The summed E-state index contributed by atoms with van der Waals surface area (Å²) in [5, 5.41) is 0. The first kappa shape index (κ1) is 21.8. The Bertz CT molecular complexity index is 901. The van der Waals surface area contributed by atoms with Crippen molar-refractivity contribution in [3.05, 3.63) is 57.3 Å². The van der Waals surface area contributed by atoms with Crippen molar-refractivity contribution in [3.8, 4) is 0 Å². The zero-order valence-electron chi connectivity index (χ0n) is 18.0. The molecule has 0 saturated carbocycles. The quantitative estimate of drug-likeness (QED) is 0.641. The van der Waals surface area contributed by atoms with Crippen LogP contribution in [0.4, 0.5) is 0 Å². The van der Waals surface area contributed by atoms with Crippen molar-refractivity contribution in [2.75, 3.05) is 32.7 Å². The molecule has 1 aliphatic rings. The number of rotatable bonds is 4. The number of hydrogen-bond acceptors (Lipinski definition) is 3. The van der Waals surface area contributed by atoms with E-state index in [0.717, 1.165) is 21.4 Å². The van der Waals surface area contributed by atoms with E-state index in [1.165, 1.54) is 0 Å². The highest BCUT2D eigenvalue weighted by Crippen LogP contribution is 2.25. The first-order valence-corrected chi connectivity index (χ1v) is 10.9. The zero-order valence-corrected chi connectivity index (χ0v) is 19.5. The Balaban J connectivity index is 1.60. The molecule has 5 nitrogen and oxygen atoms in total. The number of aryl methyl sites for hydroxylation is 1. The number of hydrogen-bond donors (Lipinski definition) is 0. The SMILES string of the molecule is Cc1cc(C(=O)CN2CCN(C(=O)c3ccc(Br)cc3)CC2)c(C)n1C(C)(C)C. The third kappa shape index (κ3) is 4.81. The van der Waals surface area contributed by atoms with Gasteiger partial charge in [-0.3, -0.25) is 14.5 Å². The van der Waals surface area contributed by atoms with Gasteiger partial charge in [0.15, 0.2) is 5.78 Å². The van der Waals surface area contributed by atoms with E-state index in [1.54, 1.807) is 0 Å². The summed E-state index contributed by atoms with van der Waals surface area (Å²) >= 11 is 3.40. The maximum atomic E-state index is 13.0. The molecule has 2 aromatic rings. The van der Waals surface area contributed by atoms with Gasteiger partial charge >= 0.3 is 0 Å². The smallest absolute Gasteiger partial charge is 0.253 e. The van der Waals surface area contributed by atoms with Crippen LogP contribution in [0.15, 0.2) is 34.8 Å². The van der Waals surface area contributed by atoms with Gasteiger partial charge in [0.2, 0.25) is 0 Å². The number of carbonyl (C=O) groups is 2. The third-order valence-electron chi connectivity index (χ3n) is 5.52. The summed E-state index contributed by atoms with van der Waals surface area (Å²) < 4.78 is 3.19. The van der Waals surface area contributed by atoms with E-state index in [9.17, 15) is 9.59 Å². The van der Waals surface area contributed by atoms with Gasteiger partial charge in [0.25, 0.3) is 5.91 Å². The fourth-order valence-electron chi connectivity index (χ4n) is 4.25. The number of nitrogens with zero attached hydrogens (tertiary/aromatic N) is 3. The summed E-state index contributed by atoms with van der Waals surface area (Å²) in [4.78, 5) is 29.6. The second-order valence-electron chi connectivity index (χ2n) is 8.79. The average Bonchev–Trinajstić information content (AvgIpc) is 2.97. The van der Waals surface area contributed by atoms with Crippen LogP contribution in [0.5, 0.6) is 0 Å². The van der Waals surface area contributed by atoms with Crippen molar-refractivity contribution in [2.45, 2.75) is 40.2 Å². The van der Waals surface area contributed by atoms with Gasteiger partial charge in [-0.05, 0) is 65.0 Å². The Hall–Kier alpha value is -1.92. The number of benzene rings is 1. The van der Waals surface area contributed by atoms with Gasteiger partial charge in [0.05, 0.1) is 6.54 Å². The van der Waals surface area contributed by atoms with Crippen molar-refractivity contribution in [1.29, 1.82) is 0 Å². The van der Waals surface area contributed by atoms with Crippen LogP contribution in [0.1, 0.15) is 52.9 Å². The van der Waals surface area contributed by atoms with E-state index in [4.69, 9.17) is 0 Å². The Morgan fingerprint density at radius 3 is 2.10 bits per heavy atom. The number of Topliss-reactive ketones (excluding diaryl/α,β-unsaturated/α-hetero) is 1. The predicted octanol–water partition coefficient (Wildman–Crippen LogP) is 4.26. The van der Waals surface area contributed by atoms with Gasteiger partial charge in [-0.15, -0.1) is 0 Å². The van der Waals surface area contributed by atoms with Gasteiger partial charge in [0.1, 0.15) is 0 Å². The molecular weight excluding hydrogens is 430 g/mol. The summed E-state index contributed by atoms with van der Waals surface area (Å²) in [5.41, 5.74) is 3.61. The molecule has 0 unspecified atom stereocenters. The number of carbonyl (C=O) groups excluding carboxylic acids is 2. The summed E-state index contributed by atoms with van der Waals surface area (Å²) in [6, 6.07) is 9.46. The zero-order chi connectivity index (χ0) is 21.3. The molecule has 0 atom stereocenters. The Kier molecular flexibility index (Phi) is 6.34. The molecule has 3 rings (SSSR count). The molecule has 0 spiro atoms. The van der Waals surface area contributed by atoms with E-state index >= 15 is 0 Å². The lowest BCUT2D eigenvalue weighted by Crippen LogP contribution is -2.49. The van der Waals surface area contributed by atoms with Crippen LogP contribution in [-0.2, 0) is 5.54 Å². The van der Waals surface area contributed by atoms with Crippen LogP contribution in [0, 0.1) is 13.8 Å². The largest absolute Gasteiger partial charge is 0.343 e. The summed E-state index contributed by atoms with van der Waals surface area (Å²) in [7, 11) is 0. The minimum Gasteiger partial charge on any atom is -0.343 e. The molecule has 6 heteroatoms. The van der Waals surface area contributed by atoms with Crippen LogP contribution < -0.4 is 0 Å². The van der Waals surface area contributed by atoms with Crippen molar-refractivity contribution in [2.24, 2.45) is 0 Å². The number of piperazine rings is 1. The molecule has 1 aliphatic heterocycles. The molecule has 0 aliphatic carbocycles. The van der Waals surface area contributed by atoms with Crippen molar-refractivity contribution in [3.63, 3.8) is 0 Å². The molecule has 1 aromatic heterocycles. The number of ketones is 1. The lowest BCUT2D eigenvalue weighted by molar-refractivity contribution is 0.0624. The van der Waals surface area contributed by atoms with Gasteiger partial charge in [-0.2, -0.15) is 0 Å². The molecule has 156 valence electrons. The topological polar surface area (TPSA) is 45.6 Å². The lowest BCUT2D eigenvalue weighted by atomic mass is 10.1. The molecule has 0 radical (unpaired) electrons. The van der Waals surface area contributed by atoms with Crippen molar-refractivity contribution < 1.29 is 9.59 Å². The van der Waals surface area contributed by atoms with E-state index in [-0.39, 0.29) is 17.2 Å². The molecule has 1 saturated heterocycles. The first-order chi connectivity index (χ1) is 13.6. The average molecular weight is 460 g/mol. The Labute approximate surface area is 181 Å². The normalized spacial score (nSPS) is 15.6. The van der Waals surface area contributed by atoms with Crippen molar-refractivity contribution in [1.82, 2.24) is 14.4 Å². The van der Waals surface area contributed by atoms with Gasteiger partial charge in [-0.1, -0.05) is 15.9 Å². The molecule has 1 fully saturated rings. The summed E-state index contributed by atoms with van der Waals surface area (Å²) in [6.45, 7) is 13.7. The second kappa shape index (κ2) is 8.44. The Morgan fingerprint density at radius 1 is 1.00 bits per heavy atom. The molecular formula is C23H30BrN3O2. The molecule has 1 amide bonds. The maximum absolute atomic E-state index is 13.0. The minimum absolute atomic E-state index is 0.0499. The summed E-state index contributed by atoms with van der Waals surface area (Å²) in [6.07, 6.45) is 0. The van der Waals surface area contributed by atoms with Gasteiger partial charge in [0, 0.05) is 58.7 Å². The number of halogens is 1. The number of aromatic nitrogens is 1. The van der Waals surface area contributed by atoms with Crippen molar-refractivity contribution >= 4 is 27.6 Å². The fourth-order valence-corrected chi connectivity index (χ4v) is 4.51. The highest BCUT2D eigenvalue weighted by molar-refractivity contribution is 9.10. The third-order valence-corrected chi connectivity index (χ3v) is 6.05. The summed E-state index contributed by atoms with van der Waals surface area (Å²) in [5.74, 6) is 0.207. The van der Waals surface area contributed by atoms with E-state index in [0.29, 0.717) is 38.3 Å². The predicted molar refractivity (Wildman–Crippen MR) is 120 cm³/mol. The standard InChI is InChI=1S/C23H30BrN3O2/c1-16-14-20(17(2)27(16)23(3,4)5)21(28)15-25-10-12-26(13-11-25)22(29)18-6-8-19(24)9-7-18/h6-9,14H,10-13,15H2,1-5H3. The monoisotopic (exact) mass is 459 g/mol. The molecule has 0 bridgehead atoms. The van der Waals surface area contributed by atoms with Crippen LogP contribution >= 0.6 is 15.9 Å². The lowest BCUT2D eigenvalue weighted by Gasteiger charge is -2.34. The van der Waals surface area contributed by atoms with Crippen LogP contribution in [0.2, 0.25) is 0 Å². The molecule has 29 heavy (non-hydrogen) atoms. The minimum atomic E-state index is -0.0499. The van der Waals surface area contributed by atoms with Gasteiger partial charge < -0.3 is 9.47 Å². The maximum Gasteiger partial charge on any atom is 0.253 e. The highest BCUT2D eigenvalue weighted by Gasteiger charge is 2.26. The highest BCUT2D eigenvalue weighted by atomic mass is 79.9. The van der Waals surface area contributed by atoms with E-state index in [1.807, 2.05) is 42.2 Å². The van der Waals surface area contributed by atoms with Crippen LogP contribution in [-0.4, -0.2) is 58.8 Å². The van der Waals surface area contributed by atoms with Gasteiger partial charge in [-0.25, -0.2) is 0 Å². The van der Waals surface area contributed by atoms with Crippen LogP contribution in [0.3, 0.4) is 0 Å². The molecule has 2 heterocycles. The fraction of sp³-hybridized carbons (Fsp3) is 0.478. The second-order valence-corrected chi connectivity index (χ2v) is 9.71. The molecule has 1 aromatic carbocycles. The number of amides is 1. The molecule has 0 N–H and O–H groups in total. The van der Waals surface area contributed by atoms with E-state index in [2.05, 4.69) is 53.1 Å². The van der Waals surface area contributed by atoms with Crippen LogP contribution in [0.25, 0.3) is 0 Å². The Morgan fingerprint density at radius 2 is 1.59 bits per heavy atom.